The van der Waals surface area contributed by atoms with Crippen molar-refractivity contribution in [1.82, 2.24) is 4.90 Å². The lowest BCUT2D eigenvalue weighted by molar-refractivity contribution is -0.117. The van der Waals surface area contributed by atoms with Gasteiger partial charge in [0.25, 0.3) is 0 Å². The average molecular weight is 351 g/mol. The zero-order valence-corrected chi connectivity index (χ0v) is 16.0. The summed E-state index contributed by atoms with van der Waals surface area (Å²) in [6, 6.07) is 18.8. The molecule has 0 radical (unpaired) electrons. The molecule has 1 saturated heterocycles. The third-order valence-corrected chi connectivity index (χ3v) is 4.82. The van der Waals surface area contributed by atoms with Crippen molar-refractivity contribution >= 4 is 17.3 Å². The number of carbonyl (C=O) groups is 1. The second kappa shape index (κ2) is 7.92. The lowest BCUT2D eigenvalue weighted by Crippen LogP contribution is -2.33. The van der Waals surface area contributed by atoms with E-state index < -0.39 is 0 Å². The molecule has 2 N–H and O–H groups in total. The molecule has 0 spiro atoms. The molecular weight excluding hydrogens is 322 g/mol. The van der Waals surface area contributed by atoms with E-state index in [2.05, 4.69) is 60.6 Å². The van der Waals surface area contributed by atoms with Gasteiger partial charge in [-0.1, -0.05) is 51.1 Å². The molecule has 0 aromatic heterocycles. The summed E-state index contributed by atoms with van der Waals surface area (Å²) in [5.41, 5.74) is 3.40. The van der Waals surface area contributed by atoms with Gasteiger partial charge in [-0.25, -0.2) is 0 Å². The molecule has 2 aromatic rings. The minimum absolute atomic E-state index is 0.0499. The van der Waals surface area contributed by atoms with Gasteiger partial charge in [0, 0.05) is 30.5 Å². The van der Waals surface area contributed by atoms with E-state index in [0.717, 1.165) is 30.9 Å². The third-order valence-electron chi connectivity index (χ3n) is 4.82. The minimum atomic E-state index is 0.0499. The fraction of sp³-hybridized carbons (Fsp3) is 0.409. The molecule has 0 bridgehead atoms. The van der Waals surface area contributed by atoms with Gasteiger partial charge in [0.15, 0.2) is 0 Å². The summed E-state index contributed by atoms with van der Waals surface area (Å²) in [4.78, 5) is 14.5. The monoisotopic (exact) mass is 351 g/mol. The Morgan fingerprint density at radius 1 is 1.04 bits per heavy atom. The molecule has 138 valence electrons. The summed E-state index contributed by atoms with van der Waals surface area (Å²) < 4.78 is 0. The maximum Gasteiger partial charge on any atom is 0.238 e. The van der Waals surface area contributed by atoms with Crippen LogP contribution in [0, 0.1) is 0 Å². The highest BCUT2D eigenvalue weighted by Gasteiger charge is 2.24. The van der Waals surface area contributed by atoms with Crippen molar-refractivity contribution in [3.63, 3.8) is 0 Å². The largest absolute Gasteiger partial charge is 0.381 e. The van der Waals surface area contributed by atoms with Crippen molar-refractivity contribution in [2.75, 3.05) is 30.3 Å². The van der Waals surface area contributed by atoms with Crippen LogP contribution < -0.4 is 10.6 Å². The molecule has 2 aromatic carbocycles. The minimum Gasteiger partial charge on any atom is -0.381 e. The Bertz CT molecular complexity index is 719. The zero-order chi connectivity index (χ0) is 18.6. The normalized spacial score (nSPS) is 17.9. The molecule has 26 heavy (non-hydrogen) atoms. The SMILES string of the molecule is CC(C)(C)c1ccc(NC(=O)CN2CCC(Nc3ccccc3)C2)cc1. The number of likely N-dealkylation sites (tertiary alicyclic amines) is 1. The second-order valence-corrected chi connectivity index (χ2v) is 8.11. The van der Waals surface area contributed by atoms with Gasteiger partial charge in [0.05, 0.1) is 6.54 Å². The summed E-state index contributed by atoms with van der Waals surface area (Å²) >= 11 is 0. The number of rotatable bonds is 5. The molecule has 0 aliphatic carbocycles. The molecule has 1 aliphatic rings. The van der Waals surface area contributed by atoms with Crippen LogP contribution in [0.5, 0.6) is 0 Å². The van der Waals surface area contributed by atoms with Crippen molar-refractivity contribution in [2.24, 2.45) is 0 Å². The molecule has 4 nitrogen and oxygen atoms in total. The van der Waals surface area contributed by atoms with Crippen LogP contribution in [0.2, 0.25) is 0 Å². The van der Waals surface area contributed by atoms with Crippen LogP contribution >= 0.6 is 0 Å². The van der Waals surface area contributed by atoms with Crippen LogP contribution in [-0.4, -0.2) is 36.5 Å². The highest BCUT2D eigenvalue weighted by molar-refractivity contribution is 5.92. The van der Waals surface area contributed by atoms with Gasteiger partial charge in [-0.15, -0.1) is 0 Å². The fourth-order valence-corrected chi connectivity index (χ4v) is 3.32. The van der Waals surface area contributed by atoms with Gasteiger partial charge in [0.1, 0.15) is 0 Å². The van der Waals surface area contributed by atoms with E-state index in [9.17, 15) is 4.79 Å². The Morgan fingerprint density at radius 3 is 2.38 bits per heavy atom. The van der Waals surface area contributed by atoms with Crippen LogP contribution in [0.3, 0.4) is 0 Å². The molecule has 1 atom stereocenters. The smallest absolute Gasteiger partial charge is 0.238 e. The lowest BCUT2D eigenvalue weighted by Gasteiger charge is -2.20. The van der Waals surface area contributed by atoms with Crippen molar-refractivity contribution in [1.29, 1.82) is 0 Å². The molecule has 1 amide bonds. The Kier molecular flexibility index (Phi) is 5.62. The number of carbonyl (C=O) groups excluding carboxylic acids is 1. The molecule has 0 saturated carbocycles. The number of amides is 1. The number of benzene rings is 2. The highest BCUT2D eigenvalue weighted by Crippen LogP contribution is 2.23. The predicted octanol–water partition coefficient (Wildman–Crippen LogP) is 4.11. The van der Waals surface area contributed by atoms with E-state index in [1.54, 1.807) is 0 Å². The second-order valence-electron chi connectivity index (χ2n) is 8.11. The van der Waals surface area contributed by atoms with E-state index in [-0.39, 0.29) is 11.3 Å². The van der Waals surface area contributed by atoms with E-state index >= 15 is 0 Å². The van der Waals surface area contributed by atoms with Crippen LogP contribution in [0.4, 0.5) is 11.4 Å². The maximum absolute atomic E-state index is 12.3. The molecule has 1 unspecified atom stereocenters. The number of anilines is 2. The number of hydrogen-bond acceptors (Lipinski definition) is 3. The Labute approximate surface area is 156 Å². The number of para-hydroxylation sites is 1. The van der Waals surface area contributed by atoms with Crippen LogP contribution in [0.1, 0.15) is 32.8 Å². The van der Waals surface area contributed by atoms with Crippen molar-refractivity contribution in [3.05, 3.63) is 60.2 Å². The van der Waals surface area contributed by atoms with E-state index in [1.165, 1.54) is 5.56 Å². The van der Waals surface area contributed by atoms with Crippen molar-refractivity contribution in [3.8, 4) is 0 Å². The average Bonchev–Trinajstić information content (AvgIpc) is 3.02. The van der Waals surface area contributed by atoms with Gasteiger partial charge in [-0.2, -0.15) is 0 Å². The number of hydrogen-bond donors (Lipinski definition) is 2. The zero-order valence-electron chi connectivity index (χ0n) is 16.0. The topological polar surface area (TPSA) is 44.4 Å². The maximum atomic E-state index is 12.3. The molecule has 1 heterocycles. The molecule has 1 fully saturated rings. The van der Waals surface area contributed by atoms with Gasteiger partial charge in [0.2, 0.25) is 5.91 Å². The number of nitrogens with zero attached hydrogens (tertiary/aromatic N) is 1. The third kappa shape index (κ3) is 5.09. The summed E-state index contributed by atoms with van der Waals surface area (Å²) in [5, 5.41) is 6.55. The first kappa shape index (κ1) is 18.5. The summed E-state index contributed by atoms with van der Waals surface area (Å²) in [5.74, 6) is 0.0499. The first-order valence-corrected chi connectivity index (χ1v) is 9.34. The van der Waals surface area contributed by atoms with Gasteiger partial charge in [-0.3, -0.25) is 9.69 Å². The Morgan fingerprint density at radius 2 is 1.73 bits per heavy atom. The Hall–Kier alpha value is -2.33. The van der Waals surface area contributed by atoms with Crippen LogP contribution in [0.25, 0.3) is 0 Å². The molecular formula is C22H29N3O. The fourth-order valence-electron chi connectivity index (χ4n) is 3.32. The first-order valence-electron chi connectivity index (χ1n) is 9.34. The van der Waals surface area contributed by atoms with E-state index in [1.807, 2.05) is 30.3 Å². The van der Waals surface area contributed by atoms with Gasteiger partial charge >= 0.3 is 0 Å². The van der Waals surface area contributed by atoms with Crippen molar-refractivity contribution in [2.45, 2.75) is 38.6 Å². The summed E-state index contributed by atoms with van der Waals surface area (Å²) in [6.07, 6.45) is 1.06. The van der Waals surface area contributed by atoms with Gasteiger partial charge < -0.3 is 10.6 Å². The standard InChI is InChI=1S/C22H29N3O/c1-22(2,3)17-9-11-19(12-10-17)24-21(26)16-25-14-13-20(15-25)23-18-7-5-4-6-8-18/h4-12,20,23H,13-16H2,1-3H3,(H,24,26). The highest BCUT2D eigenvalue weighted by atomic mass is 16.2. The predicted molar refractivity (Wildman–Crippen MR) is 109 cm³/mol. The summed E-state index contributed by atoms with van der Waals surface area (Å²) in [6.45, 7) is 8.84. The molecule has 3 rings (SSSR count). The van der Waals surface area contributed by atoms with E-state index in [4.69, 9.17) is 0 Å². The van der Waals surface area contributed by atoms with E-state index in [0.29, 0.717) is 12.6 Å². The molecule has 1 aliphatic heterocycles. The van der Waals surface area contributed by atoms with Gasteiger partial charge in [-0.05, 0) is 41.7 Å². The van der Waals surface area contributed by atoms with Crippen LogP contribution in [0.15, 0.2) is 54.6 Å². The van der Waals surface area contributed by atoms with Crippen molar-refractivity contribution < 1.29 is 4.79 Å². The van der Waals surface area contributed by atoms with Crippen LogP contribution in [-0.2, 0) is 10.2 Å². The Balaban J connectivity index is 1.47. The number of nitrogens with one attached hydrogen (secondary N) is 2. The summed E-state index contributed by atoms with van der Waals surface area (Å²) in [7, 11) is 0. The molecule has 4 heteroatoms. The first-order chi connectivity index (χ1) is 12.4. The lowest BCUT2D eigenvalue weighted by atomic mass is 9.87. The quantitative estimate of drug-likeness (QED) is 0.852.